The molecule has 0 aliphatic carbocycles. The van der Waals surface area contributed by atoms with Gasteiger partial charge in [-0.2, -0.15) is 0 Å². The van der Waals surface area contributed by atoms with E-state index in [0.717, 1.165) is 6.42 Å². The van der Waals surface area contributed by atoms with Crippen molar-refractivity contribution >= 4 is 0 Å². The molecule has 2 N–H and O–H groups in total. The van der Waals surface area contributed by atoms with Gasteiger partial charge in [-0.05, 0) is 37.3 Å². The SMILES string of the molecule is CCCCCCCc1ccc(CC(C)N)cc1. The van der Waals surface area contributed by atoms with Crippen molar-refractivity contribution in [2.75, 3.05) is 0 Å². The van der Waals surface area contributed by atoms with E-state index in [1.54, 1.807) is 0 Å². The summed E-state index contributed by atoms with van der Waals surface area (Å²) < 4.78 is 0. The number of benzene rings is 1. The molecule has 0 aliphatic rings. The highest BCUT2D eigenvalue weighted by Crippen LogP contribution is 2.11. The Balaban J connectivity index is 2.25. The van der Waals surface area contributed by atoms with Crippen LogP contribution in [0.2, 0.25) is 0 Å². The molecule has 1 aromatic rings. The van der Waals surface area contributed by atoms with Crippen molar-refractivity contribution in [3.8, 4) is 0 Å². The van der Waals surface area contributed by atoms with Gasteiger partial charge in [-0.15, -0.1) is 0 Å². The molecule has 0 bridgehead atoms. The molecule has 0 fully saturated rings. The molecule has 96 valence electrons. The van der Waals surface area contributed by atoms with E-state index >= 15 is 0 Å². The van der Waals surface area contributed by atoms with Crippen LogP contribution in [0, 0.1) is 0 Å². The third-order valence-corrected chi connectivity index (χ3v) is 3.15. The summed E-state index contributed by atoms with van der Waals surface area (Å²) in [5, 5.41) is 0. The predicted octanol–water partition coefficient (Wildman–Crippen LogP) is 4.09. The van der Waals surface area contributed by atoms with E-state index in [2.05, 4.69) is 38.1 Å². The summed E-state index contributed by atoms with van der Waals surface area (Å²) in [4.78, 5) is 0. The smallest absolute Gasteiger partial charge is 0.00509 e. The molecule has 1 aromatic carbocycles. The summed E-state index contributed by atoms with van der Waals surface area (Å²) in [5.41, 5.74) is 8.61. The monoisotopic (exact) mass is 233 g/mol. The quantitative estimate of drug-likeness (QED) is 0.672. The fourth-order valence-corrected chi connectivity index (χ4v) is 2.15. The number of aryl methyl sites for hydroxylation is 1. The Bertz CT molecular complexity index is 287. The molecular weight excluding hydrogens is 206 g/mol. The van der Waals surface area contributed by atoms with Crippen LogP contribution in [-0.2, 0) is 12.8 Å². The molecule has 1 heteroatoms. The van der Waals surface area contributed by atoms with Crippen LogP contribution >= 0.6 is 0 Å². The molecule has 0 saturated carbocycles. The fourth-order valence-electron chi connectivity index (χ4n) is 2.15. The van der Waals surface area contributed by atoms with E-state index in [-0.39, 0.29) is 6.04 Å². The van der Waals surface area contributed by atoms with E-state index in [1.807, 2.05) is 0 Å². The molecule has 0 aromatic heterocycles. The standard InChI is InChI=1S/C16H27N/c1-3-4-5-6-7-8-15-9-11-16(12-10-15)13-14(2)17/h9-12,14H,3-8,13,17H2,1-2H3. The lowest BCUT2D eigenvalue weighted by atomic mass is 10.0. The third-order valence-electron chi connectivity index (χ3n) is 3.15. The van der Waals surface area contributed by atoms with Crippen molar-refractivity contribution < 1.29 is 0 Å². The first-order valence-corrected chi connectivity index (χ1v) is 7.05. The van der Waals surface area contributed by atoms with Crippen LogP contribution in [0.3, 0.4) is 0 Å². The lowest BCUT2D eigenvalue weighted by Gasteiger charge is -2.06. The number of hydrogen-bond acceptors (Lipinski definition) is 1. The van der Waals surface area contributed by atoms with Gasteiger partial charge in [0.25, 0.3) is 0 Å². The highest BCUT2D eigenvalue weighted by molar-refractivity contribution is 5.23. The van der Waals surface area contributed by atoms with Gasteiger partial charge < -0.3 is 5.73 Å². The van der Waals surface area contributed by atoms with Crippen molar-refractivity contribution in [1.82, 2.24) is 0 Å². The van der Waals surface area contributed by atoms with Gasteiger partial charge in [0, 0.05) is 6.04 Å². The van der Waals surface area contributed by atoms with Crippen LogP contribution in [-0.4, -0.2) is 6.04 Å². The minimum absolute atomic E-state index is 0.259. The van der Waals surface area contributed by atoms with Gasteiger partial charge in [-0.3, -0.25) is 0 Å². The maximum absolute atomic E-state index is 5.79. The maximum Gasteiger partial charge on any atom is 0.00509 e. The molecular formula is C16H27N. The Hall–Kier alpha value is -0.820. The lowest BCUT2D eigenvalue weighted by Crippen LogP contribution is -2.17. The molecule has 0 saturated heterocycles. The molecule has 0 radical (unpaired) electrons. The predicted molar refractivity (Wildman–Crippen MR) is 76.3 cm³/mol. The molecule has 1 atom stereocenters. The van der Waals surface area contributed by atoms with Crippen LogP contribution in [0.5, 0.6) is 0 Å². The summed E-state index contributed by atoms with van der Waals surface area (Å²) in [6.45, 7) is 4.32. The molecule has 17 heavy (non-hydrogen) atoms. The number of rotatable bonds is 8. The van der Waals surface area contributed by atoms with Gasteiger partial charge in [-0.25, -0.2) is 0 Å². The molecule has 0 heterocycles. The van der Waals surface area contributed by atoms with Crippen LogP contribution in [0.4, 0.5) is 0 Å². The summed E-state index contributed by atoms with van der Waals surface area (Å²) in [6, 6.07) is 9.24. The zero-order valence-corrected chi connectivity index (χ0v) is 11.4. The molecule has 0 spiro atoms. The minimum Gasteiger partial charge on any atom is -0.328 e. The summed E-state index contributed by atoms with van der Waals surface area (Å²) in [7, 11) is 0. The molecule has 1 rings (SSSR count). The van der Waals surface area contributed by atoms with E-state index in [0.29, 0.717) is 0 Å². The highest BCUT2D eigenvalue weighted by atomic mass is 14.6. The van der Waals surface area contributed by atoms with Gasteiger partial charge in [0.05, 0.1) is 0 Å². The first kappa shape index (κ1) is 14.2. The first-order valence-electron chi connectivity index (χ1n) is 7.05. The van der Waals surface area contributed by atoms with Crippen LogP contribution in [0.15, 0.2) is 24.3 Å². The largest absolute Gasteiger partial charge is 0.328 e. The number of hydrogen-bond donors (Lipinski definition) is 1. The van der Waals surface area contributed by atoms with E-state index in [4.69, 9.17) is 5.73 Å². The minimum atomic E-state index is 0.259. The zero-order chi connectivity index (χ0) is 12.5. The average molecular weight is 233 g/mol. The van der Waals surface area contributed by atoms with Gasteiger partial charge in [0.15, 0.2) is 0 Å². The average Bonchev–Trinajstić information content (AvgIpc) is 2.30. The van der Waals surface area contributed by atoms with Crippen molar-refractivity contribution in [1.29, 1.82) is 0 Å². The second-order valence-corrected chi connectivity index (χ2v) is 5.16. The Morgan fingerprint density at radius 1 is 0.941 bits per heavy atom. The maximum atomic E-state index is 5.79. The Morgan fingerprint density at radius 2 is 1.53 bits per heavy atom. The lowest BCUT2D eigenvalue weighted by molar-refractivity contribution is 0.632. The molecule has 1 nitrogen and oxygen atoms in total. The van der Waals surface area contributed by atoms with Crippen molar-refractivity contribution in [2.45, 2.75) is 64.8 Å². The van der Waals surface area contributed by atoms with Crippen LogP contribution < -0.4 is 5.73 Å². The Morgan fingerprint density at radius 3 is 2.12 bits per heavy atom. The van der Waals surface area contributed by atoms with E-state index in [1.165, 1.54) is 49.7 Å². The molecule has 0 amide bonds. The van der Waals surface area contributed by atoms with E-state index < -0.39 is 0 Å². The normalized spacial score (nSPS) is 12.6. The van der Waals surface area contributed by atoms with Crippen LogP contribution in [0.1, 0.15) is 57.1 Å². The highest BCUT2D eigenvalue weighted by Gasteiger charge is 1.98. The molecule has 1 unspecified atom stereocenters. The number of unbranched alkanes of at least 4 members (excludes halogenated alkanes) is 4. The zero-order valence-electron chi connectivity index (χ0n) is 11.4. The van der Waals surface area contributed by atoms with Gasteiger partial charge in [0.2, 0.25) is 0 Å². The third kappa shape index (κ3) is 6.48. The van der Waals surface area contributed by atoms with Crippen molar-refractivity contribution in [2.24, 2.45) is 5.73 Å². The Kier molecular flexibility index (Phi) is 6.95. The van der Waals surface area contributed by atoms with Gasteiger partial charge in [0.1, 0.15) is 0 Å². The molecule has 0 aliphatic heterocycles. The van der Waals surface area contributed by atoms with Crippen molar-refractivity contribution in [3.05, 3.63) is 35.4 Å². The summed E-state index contributed by atoms with van der Waals surface area (Å²) >= 11 is 0. The summed E-state index contributed by atoms with van der Waals surface area (Å²) in [5.74, 6) is 0. The Labute approximate surface area is 106 Å². The first-order chi connectivity index (χ1) is 8.22. The second-order valence-electron chi connectivity index (χ2n) is 5.16. The fraction of sp³-hybridized carbons (Fsp3) is 0.625. The van der Waals surface area contributed by atoms with E-state index in [9.17, 15) is 0 Å². The van der Waals surface area contributed by atoms with Gasteiger partial charge in [-0.1, -0.05) is 56.9 Å². The number of nitrogens with two attached hydrogens (primary N) is 1. The van der Waals surface area contributed by atoms with Gasteiger partial charge >= 0.3 is 0 Å². The second kappa shape index (κ2) is 8.30. The topological polar surface area (TPSA) is 26.0 Å². The van der Waals surface area contributed by atoms with Crippen LogP contribution in [0.25, 0.3) is 0 Å². The van der Waals surface area contributed by atoms with Crippen molar-refractivity contribution in [3.63, 3.8) is 0 Å². The summed E-state index contributed by atoms with van der Waals surface area (Å²) in [6.07, 6.45) is 9.00.